The molecule has 1 aliphatic heterocycles. The van der Waals surface area contributed by atoms with Crippen LogP contribution in [0.5, 0.6) is 0 Å². The number of rotatable bonds is 7. The van der Waals surface area contributed by atoms with Gasteiger partial charge in [0.15, 0.2) is 0 Å². The van der Waals surface area contributed by atoms with E-state index < -0.39 is 5.54 Å². The first-order valence-electron chi connectivity index (χ1n) is 9.66. The van der Waals surface area contributed by atoms with E-state index in [0.717, 1.165) is 45.2 Å². The molecule has 1 aromatic carbocycles. The lowest BCUT2D eigenvalue weighted by Crippen LogP contribution is -2.44. The van der Waals surface area contributed by atoms with Crippen LogP contribution in [0.3, 0.4) is 0 Å². The molecule has 1 aromatic heterocycles. The van der Waals surface area contributed by atoms with E-state index in [0.29, 0.717) is 6.54 Å². The lowest BCUT2D eigenvalue weighted by Gasteiger charge is -2.20. The summed E-state index contributed by atoms with van der Waals surface area (Å²) in [7, 11) is 0. The van der Waals surface area contributed by atoms with Gasteiger partial charge in [0.25, 0.3) is 5.91 Å². The van der Waals surface area contributed by atoms with Crippen molar-refractivity contribution in [1.29, 1.82) is 0 Å². The molecule has 1 aliphatic carbocycles. The summed E-state index contributed by atoms with van der Waals surface area (Å²) in [5.74, 6) is -0.0178. The highest BCUT2D eigenvalue weighted by Crippen LogP contribution is 2.35. The molecular weight excluding hydrogens is 358 g/mol. The van der Waals surface area contributed by atoms with E-state index in [4.69, 9.17) is 0 Å². The first-order valence-corrected chi connectivity index (χ1v) is 10.5. The van der Waals surface area contributed by atoms with Crippen LogP contribution in [0, 0.1) is 0 Å². The lowest BCUT2D eigenvalue weighted by atomic mass is 9.98. The molecule has 27 heavy (non-hydrogen) atoms. The number of nitrogens with zero attached hydrogens (tertiary/aromatic N) is 1. The molecule has 2 aliphatic rings. The number of carbonyl (C=O) groups excluding carboxylic acids is 2. The SMILES string of the molecule is O=C1NC2(CCCC2)C(=O)N1CCCNCc1cc(-c2ccccc2)cs1. The topological polar surface area (TPSA) is 61.4 Å². The number of amides is 3. The first kappa shape index (κ1) is 18.2. The molecule has 2 fully saturated rings. The van der Waals surface area contributed by atoms with E-state index in [1.807, 2.05) is 6.07 Å². The normalized spacial score (nSPS) is 18.4. The highest BCUT2D eigenvalue weighted by atomic mass is 32.1. The maximum atomic E-state index is 12.6. The molecule has 6 heteroatoms. The number of hydrogen-bond acceptors (Lipinski definition) is 4. The number of nitrogens with one attached hydrogen (secondary N) is 2. The van der Waals surface area contributed by atoms with Gasteiger partial charge in [-0.25, -0.2) is 4.79 Å². The fraction of sp³-hybridized carbons (Fsp3) is 0.429. The molecule has 0 unspecified atom stereocenters. The third kappa shape index (κ3) is 3.77. The fourth-order valence-corrected chi connectivity index (χ4v) is 4.89. The summed E-state index contributed by atoms with van der Waals surface area (Å²) >= 11 is 1.75. The van der Waals surface area contributed by atoms with Gasteiger partial charge in [0.1, 0.15) is 5.54 Å². The average Bonchev–Trinajstić information content (AvgIpc) is 3.39. The molecular formula is C21H25N3O2S. The van der Waals surface area contributed by atoms with Gasteiger partial charge in [-0.15, -0.1) is 11.3 Å². The Kier molecular flexibility index (Phi) is 5.27. The van der Waals surface area contributed by atoms with Crippen molar-refractivity contribution < 1.29 is 9.59 Å². The molecule has 2 N–H and O–H groups in total. The van der Waals surface area contributed by atoms with E-state index in [-0.39, 0.29) is 11.9 Å². The largest absolute Gasteiger partial charge is 0.325 e. The Morgan fingerprint density at radius 1 is 1.11 bits per heavy atom. The Morgan fingerprint density at radius 3 is 2.67 bits per heavy atom. The molecule has 2 heterocycles. The quantitative estimate of drug-likeness (QED) is 0.565. The van der Waals surface area contributed by atoms with Crippen molar-refractivity contribution in [2.24, 2.45) is 0 Å². The van der Waals surface area contributed by atoms with Crippen molar-refractivity contribution in [1.82, 2.24) is 15.5 Å². The summed E-state index contributed by atoms with van der Waals surface area (Å²) in [5, 5.41) is 8.54. The zero-order valence-electron chi connectivity index (χ0n) is 15.4. The minimum absolute atomic E-state index is 0.0178. The summed E-state index contributed by atoms with van der Waals surface area (Å²) in [6, 6.07) is 12.4. The van der Waals surface area contributed by atoms with Crippen molar-refractivity contribution in [3.05, 3.63) is 46.7 Å². The Morgan fingerprint density at radius 2 is 1.89 bits per heavy atom. The number of imide groups is 1. The molecule has 1 spiro atoms. The average molecular weight is 384 g/mol. The van der Waals surface area contributed by atoms with Crippen LogP contribution in [0.1, 0.15) is 37.0 Å². The van der Waals surface area contributed by atoms with Crippen molar-refractivity contribution in [2.45, 2.75) is 44.2 Å². The molecule has 4 rings (SSSR count). The number of carbonyl (C=O) groups is 2. The van der Waals surface area contributed by atoms with Gasteiger partial charge >= 0.3 is 6.03 Å². The van der Waals surface area contributed by atoms with Crippen LogP contribution in [0.15, 0.2) is 41.8 Å². The number of hydrogen-bond donors (Lipinski definition) is 2. The minimum Gasteiger partial charge on any atom is -0.323 e. The molecule has 1 saturated heterocycles. The second-order valence-corrected chi connectivity index (χ2v) is 8.37. The van der Waals surface area contributed by atoms with E-state index in [1.165, 1.54) is 20.9 Å². The Balaban J connectivity index is 1.22. The van der Waals surface area contributed by atoms with Gasteiger partial charge in [0.05, 0.1) is 0 Å². The molecule has 1 saturated carbocycles. The van der Waals surface area contributed by atoms with Gasteiger partial charge in [-0.1, -0.05) is 43.2 Å². The van der Waals surface area contributed by atoms with Gasteiger partial charge in [-0.3, -0.25) is 9.69 Å². The summed E-state index contributed by atoms with van der Waals surface area (Å²) in [5.41, 5.74) is 1.90. The molecule has 142 valence electrons. The Bertz CT molecular complexity index is 812. The molecule has 0 bridgehead atoms. The lowest BCUT2D eigenvalue weighted by molar-refractivity contribution is -0.131. The predicted molar refractivity (Wildman–Crippen MR) is 108 cm³/mol. The van der Waals surface area contributed by atoms with Gasteiger partial charge in [0.2, 0.25) is 0 Å². The van der Waals surface area contributed by atoms with Crippen LogP contribution < -0.4 is 10.6 Å². The van der Waals surface area contributed by atoms with Gasteiger partial charge < -0.3 is 10.6 Å². The van der Waals surface area contributed by atoms with Crippen LogP contribution >= 0.6 is 11.3 Å². The van der Waals surface area contributed by atoms with E-state index in [2.05, 4.69) is 46.3 Å². The predicted octanol–water partition coefficient (Wildman–Crippen LogP) is 3.76. The standard InChI is InChI=1S/C21H25N3O2S/c25-19-21(9-4-5-10-21)23-20(26)24(19)12-6-11-22-14-18-13-17(15-27-18)16-7-2-1-3-8-16/h1-3,7-8,13,15,22H,4-6,9-12,14H2,(H,23,26). The second-order valence-electron chi connectivity index (χ2n) is 7.37. The van der Waals surface area contributed by atoms with Crippen LogP contribution in [0.4, 0.5) is 4.79 Å². The number of thiophene rings is 1. The van der Waals surface area contributed by atoms with E-state index >= 15 is 0 Å². The van der Waals surface area contributed by atoms with Crippen LogP contribution in [-0.2, 0) is 11.3 Å². The fourth-order valence-electron chi connectivity index (χ4n) is 4.03. The molecule has 2 aromatic rings. The van der Waals surface area contributed by atoms with Gasteiger partial charge in [-0.05, 0) is 48.4 Å². The maximum Gasteiger partial charge on any atom is 0.325 e. The summed E-state index contributed by atoms with van der Waals surface area (Å²) in [6.07, 6.45) is 4.38. The van der Waals surface area contributed by atoms with Crippen LogP contribution in [-0.4, -0.2) is 35.5 Å². The third-order valence-corrected chi connectivity index (χ3v) is 6.44. The number of urea groups is 1. The number of benzene rings is 1. The van der Waals surface area contributed by atoms with Crippen molar-refractivity contribution >= 4 is 23.3 Å². The Labute approximate surface area is 163 Å². The van der Waals surface area contributed by atoms with Crippen LogP contribution in [0.2, 0.25) is 0 Å². The highest BCUT2D eigenvalue weighted by Gasteiger charge is 2.51. The van der Waals surface area contributed by atoms with Gasteiger partial charge in [-0.2, -0.15) is 0 Å². The monoisotopic (exact) mass is 383 g/mol. The molecule has 0 radical (unpaired) electrons. The molecule has 5 nitrogen and oxygen atoms in total. The van der Waals surface area contributed by atoms with Gasteiger partial charge in [0, 0.05) is 18.0 Å². The first-order chi connectivity index (χ1) is 13.2. The minimum atomic E-state index is -0.588. The summed E-state index contributed by atoms with van der Waals surface area (Å²) < 4.78 is 0. The molecule has 3 amide bonds. The van der Waals surface area contributed by atoms with Crippen molar-refractivity contribution in [3.63, 3.8) is 0 Å². The molecule has 0 atom stereocenters. The summed E-state index contributed by atoms with van der Waals surface area (Å²) in [4.78, 5) is 27.4. The third-order valence-electron chi connectivity index (χ3n) is 5.50. The van der Waals surface area contributed by atoms with Crippen molar-refractivity contribution in [3.8, 4) is 11.1 Å². The Hall–Kier alpha value is -2.18. The van der Waals surface area contributed by atoms with E-state index in [1.54, 1.807) is 11.3 Å². The zero-order valence-corrected chi connectivity index (χ0v) is 16.2. The second kappa shape index (κ2) is 7.82. The zero-order chi connectivity index (χ0) is 18.7. The highest BCUT2D eigenvalue weighted by molar-refractivity contribution is 7.10. The van der Waals surface area contributed by atoms with Crippen LogP contribution in [0.25, 0.3) is 11.1 Å². The van der Waals surface area contributed by atoms with Crippen molar-refractivity contribution in [2.75, 3.05) is 13.1 Å². The smallest absolute Gasteiger partial charge is 0.323 e. The summed E-state index contributed by atoms with van der Waals surface area (Å²) in [6.45, 7) is 2.07. The maximum absolute atomic E-state index is 12.6. The van der Waals surface area contributed by atoms with E-state index in [9.17, 15) is 9.59 Å².